The van der Waals surface area contributed by atoms with E-state index in [1.165, 1.54) is 12.1 Å². The number of halogens is 1. The second-order valence-corrected chi connectivity index (χ2v) is 5.25. The summed E-state index contributed by atoms with van der Waals surface area (Å²) >= 11 is 0. The summed E-state index contributed by atoms with van der Waals surface area (Å²) in [6.45, 7) is 2.00. The molecule has 0 bridgehead atoms. The minimum Gasteiger partial charge on any atom is -0.497 e. The zero-order valence-corrected chi connectivity index (χ0v) is 13.9. The van der Waals surface area contributed by atoms with Gasteiger partial charge in [-0.2, -0.15) is 5.10 Å². The van der Waals surface area contributed by atoms with E-state index in [2.05, 4.69) is 5.10 Å². The standard InChI is InChI=1S/C19H17FN2O3/c1-3-25-19(23)17-12-18(13-4-10-16(24-2)11-5-13)22(21-17)15-8-6-14(20)7-9-15/h4-12H,3H2,1-2H3. The number of carbonyl (C=O) groups excluding carboxylic acids is 1. The average molecular weight is 340 g/mol. The van der Waals surface area contributed by atoms with Crippen molar-refractivity contribution < 1.29 is 18.7 Å². The van der Waals surface area contributed by atoms with E-state index in [-0.39, 0.29) is 18.1 Å². The van der Waals surface area contributed by atoms with Gasteiger partial charge in [-0.05, 0) is 61.5 Å². The van der Waals surface area contributed by atoms with Crippen molar-refractivity contribution in [2.45, 2.75) is 6.92 Å². The first-order chi connectivity index (χ1) is 12.1. The number of nitrogens with zero attached hydrogens (tertiary/aromatic N) is 2. The first-order valence-corrected chi connectivity index (χ1v) is 7.80. The van der Waals surface area contributed by atoms with Crippen LogP contribution in [0.1, 0.15) is 17.4 Å². The van der Waals surface area contributed by atoms with Gasteiger partial charge in [-0.15, -0.1) is 0 Å². The van der Waals surface area contributed by atoms with Crippen molar-refractivity contribution in [1.29, 1.82) is 0 Å². The minimum atomic E-state index is -0.502. The van der Waals surface area contributed by atoms with E-state index in [1.807, 2.05) is 24.3 Å². The minimum absolute atomic E-state index is 0.192. The lowest BCUT2D eigenvalue weighted by atomic mass is 10.1. The van der Waals surface area contributed by atoms with Crippen LogP contribution in [0.2, 0.25) is 0 Å². The predicted molar refractivity (Wildman–Crippen MR) is 91.5 cm³/mol. The molecule has 0 N–H and O–H groups in total. The Morgan fingerprint density at radius 1 is 1.12 bits per heavy atom. The lowest BCUT2D eigenvalue weighted by Crippen LogP contribution is -2.06. The molecule has 0 saturated heterocycles. The number of aromatic nitrogens is 2. The average Bonchev–Trinajstić information content (AvgIpc) is 3.08. The number of hydrogen-bond acceptors (Lipinski definition) is 4. The molecule has 3 aromatic rings. The highest BCUT2D eigenvalue weighted by Gasteiger charge is 2.17. The highest BCUT2D eigenvalue weighted by Crippen LogP contribution is 2.26. The van der Waals surface area contributed by atoms with Crippen LogP contribution in [0.4, 0.5) is 4.39 Å². The third-order valence-corrected chi connectivity index (χ3v) is 3.65. The summed E-state index contributed by atoms with van der Waals surface area (Å²) in [7, 11) is 1.59. The lowest BCUT2D eigenvalue weighted by Gasteiger charge is -2.08. The molecular weight excluding hydrogens is 323 g/mol. The molecule has 1 heterocycles. The monoisotopic (exact) mass is 340 g/mol. The maximum absolute atomic E-state index is 13.2. The van der Waals surface area contributed by atoms with Gasteiger partial charge in [0.2, 0.25) is 0 Å². The fourth-order valence-electron chi connectivity index (χ4n) is 2.43. The van der Waals surface area contributed by atoms with Crippen LogP contribution in [0, 0.1) is 5.82 Å². The normalized spacial score (nSPS) is 10.5. The van der Waals surface area contributed by atoms with Crippen LogP contribution < -0.4 is 4.74 Å². The van der Waals surface area contributed by atoms with Crippen molar-refractivity contribution >= 4 is 5.97 Å². The van der Waals surface area contributed by atoms with Crippen LogP contribution in [0.25, 0.3) is 16.9 Å². The summed E-state index contributed by atoms with van der Waals surface area (Å²) in [6.07, 6.45) is 0. The number of hydrogen-bond donors (Lipinski definition) is 0. The molecule has 0 aliphatic heterocycles. The molecule has 0 unspecified atom stereocenters. The van der Waals surface area contributed by atoms with E-state index in [1.54, 1.807) is 36.9 Å². The Bertz CT molecular complexity index is 871. The number of esters is 1. The van der Waals surface area contributed by atoms with Crippen molar-refractivity contribution in [3.05, 3.63) is 66.1 Å². The van der Waals surface area contributed by atoms with Gasteiger partial charge in [0.1, 0.15) is 11.6 Å². The molecule has 6 heteroatoms. The Labute approximate surface area is 144 Å². The quantitative estimate of drug-likeness (QED) is 0.662. The van der Waals surface area contributed by atoms with E-state index in [0.29, 0.717) is 11.4 Å². The van der Waals surface area contributed by atoms with E-state index < -0.39 is 5.97 Å². The van der Waals surface area contributed by atoms with Gasteiger partial charge in [0.15, 0.2) is 5.69 Å². The van der Waals surface area contributed by atoms with E-state index in [9.17, 15) is 9.18 Å². The number of carbonyl (C=O) groups is 1. The van der Waals surface area contributed by atoms with Crippen LogP contribution >= 0.6 is 0 Å². The molecule has 0 fully saturated rings. The van der Waals surface area contributed by atoms with Crippen LogP contribution in [0.15, 0.2) is 54.6 Å². The largest absolute Gasteiger partial charge is 0.497 e. The Morgan fingerprint density at radius 2 is 1.80 bits per heavy atom. The number of methoxy groups -OCH3 is 1. The first-order valence-electron chi connectivity index (χ1n) is 7.80. The highest BCUT2D eigenvalue weighted by molar-refractivity contribution is 5.89. The smallest absolute Gasteiger partial charge is 0.358 e. The summed E-state index contributed by atoms with van der Waals surface area (Å²) in [5.41, 5.74) is 2.37. The molecule has 25 heavy (non-hydrogen) atoms. The predicted octanol–water partition coefficient (Wildman–Crippen LogP) is 3.86. The van der Waals surface area contributed by atoms with Crippen molar-refractivity contribution in [2.24, 2.45) is 0 Å². The second-order valence-electron chi connectivity index (χ2n) is 5.25. The lowest BCUT2D eigenvalue weighted by molar-refractivity contribution is 0.0519. The second kappa shape index (κ2) is 7.17. The van der Waals surface area contributed by atoms with Crippen LogP contribution in [-0.2, 0) is 4.74 Å². The molecular formula is C19H17FN2O3. The van der Waals surface area contributed by atoms with Crippen LogP contribution in [-0.4, -0.2) is 29.5 Å². The number of rotatable bonds is 5. The van der Waals surface area contributed by atoms with Gasteiger partial charge in [-0.25, -0.2) is 13.9 Å². The molecule has 2 aromatic carbocycles. The molecule has 0 spiro atoms. The molecule has 5 nitrogen and oxygen atoms in total. The summed E-state index contributed by atoms with van der Waals surface area (Å²) in [6, 6.07) is 14.9. The summed E-state index contributed by atoms with van der Waals surface area (Å²) in [5.74, 6) is -0.118. The molecule has 0 amide bonds. The summed E-state index contributed by atoms with van der Waals surface area (Å²) in [5, 5.41) is 4.34. The maximum Gasteiger partial charge on any atom is 0.358 e. The van der Waals surface area contributed by atoms with Crippen LogP contribution in [0.5, 0.6) is 5.75 Å². The molecule has 3 rings (SSSR count). The van der Waals surface area contributed by atoms with Gasteiger partial charge >= 0.3 is 5.97 Å². The maximum atomic E-state index is 13.2. The van der Waals surface area contributed by atoms with Crippen molar-refractivity contribution in [2.75, 3.05) is 13.7 Å². The van der Waals surface area contributed by atoms with Crippen molar-refractivity contribution in [3.8, 4) is 22.7 Å². The Kier molecular flexibility index (Phi) is 4.79. The fraction of sp³-hybridized carbons (Fsp3) is 0.158. The molecule has 0 aliphatic carbocycles. The molecule has 0 radical (unpaired) electrons. The Hall–Kier alpha value is -3.15. The van der Waals surface area contributed by atoms with Gasteiger partial charge in [0.05, 0.1) is 25.1 Å². The summed E-state index contributed by atoms with van der Waals surface area (Å²) < 4.78 is 25.0. The van der Waals surface area contributed by atoms with Gasteiger partial charge in [0.25, 0.3) is 0 Å². The van der Waals surface area contributed by atoms with Gasteiger partial charge in [-0.3, -0.25) is 0 Å². The number of ether oxygens (including phenoxy) is 2. The zero-order valence-electron chi connectivity index (χ0n) is 13.9. The molecule has 0 atom stereocenters. The fourth-order valence-corrected chi connectivity index (χ4v) is 2.43. The molecule has 1 aromatic heterocycles. The van der Waals surface area contributed by atoms with E-state index >= 15 is 0 Å². The van der Waals surface area contributed by atoms with E-state index in [0.717, 1.165) is 11.3 Å². The topological polar surface area (TPSA) is 53.4 Å². The van der Waals surface area contributed by atoms with Crippen molar-refractivity contribution in [1.82, 2.24) is 9.78 Å². The zero-order chi connectivity index (χ0) is 17.8. The van der Waals surface area contributed by atoms with E-state index in [4.69, 9.17) is 9.47 Å². The third-order valence-electron chi connectivity index (χ3n) is 3.65. The molecule has 0 aliphatic rings. The number of benzene rings is 2. The highest BCUT2D eigenvalue weighted by atomic mass is 19.1. The van der Waals surface area contributed by atoms with Gasteiger partial charge < -0.3 is 9.47 Å². The molecule has 0 saturated carbocycles. The van der Waals surface area contributed by atoms with Gasteiger partial charge in [-0.1, -0.05) is 0 Å². The summed E-state index contributed by atoms with van der Waals surface area (Å²) in [4.78, 5) is 12.0. The first kappa shape index (κ1) is 16.7. The van der Waals surface area contributed by atoms with Gasteiger partial charge in [0, 0.05) is 5.56 Å². The SMILES string of the molecule is CCOC(=O)c1cc(-c2ccc(OC)cc2)n(-c2ccc(F)cc2)n1. The molecule has 128 valence electrons. The Morgan fingerprint density at radius 3 is 2.40 bits per heavy atom. The third kappa shape index (κ3) is 3.52. The van der Waals surface area contributed by atoms with Crippen LogP contribution in [0.3, 0.4) is 0 Å². The Balaban J connectivity index is 2.10. The van der Waals surface area contributed by atoms with Crippen molar-refractivity contribution in [3.63, 3.8) is 0 Å².